The van der Waals surface area contributed by atoms with Crippen LogP contribution in [0.15, 0.2) is 77.4 Å². The van der Waals surface area contributed by atoms with Crippen LogP contribution in [0.1, 0.15) is 28.0 Å². The molecule has 1 aliphatic heterocycles. The average molecular weight is 468 g/mol. The lowest BCUT2D eigenvalue weighted by molar-refractivity contribution is 0.770. The molecule has 0 atom stereocenters. The molecule has 2 aromatic carbocycles. The zero-order valence-electron chi connectivity index (χ0n) is 18.6. The van der Waals surface area contributed by atoms with Gasteiger partial charge in [-0.05, 0) is 59.4 Å². The topological polar surface area (TPSA) is 98.4 Å². The number of hydrogen-bond acceptors (Lipinski definition) is 6. The van der Waals surface area contributed by atoms with Crippen LogP contribution in [0.25, 0.3) is 17.2 Å². The number of anilines is 2. The maximum atomic E-state index is 9.69. The number of fused-ring (bicyclic) bond motifs is 2. The Morgan fingerprint density at radius 1 is 0.771 bits per heavy atom. The standard InChI is InChI=1S/C29H17N5S/c30-15-20(16-31)28-23-8-2-3-9-24(23)29(21(17-32)18-33)25(28)14-22-11-12-27(35-22)34-13-5-7-19-6-1-4-10-26(19)34/h1-4,6,8-12,14H,5,7,13H2. The SMILES string of the molecule is N#CC(C#N)=C1C(=Cc2ccc(N3CCCc4ccccc43)s2)C(=C(C#N)C#N)c2ccccc21. The monoisotopic (exact) mass is 467 g/mol. The molecule has 2 aliphatic rings. The number of rotatable bonds is 2. The van der Waals surface area contributed by atoms with E-state index in [0.29, 0.717) is 27.8 Å². The van der Waals surface area contributed by atoms with E-state index in [1.165, 1.54) is 11.3 Å². The third-order valence-corrected chi connectivity index (χ3v) is 7.28. The second-order valence-corrected chi connectivity index (χ2v) is 9.20. The number of para-hydroxylation sites is 1. The summed E-state index contributed by atoms with van der Waals surface area (Å²) in [6, 6.07) is 27.8. The molecule has 0 radical (unpaired) electrons. The Bertz CT molecular complexity index is 1520. The summed E-state index contributed by atoms with van der Waals surface area (Å²) in [5, 5.41) is 39.9. The molecule has 6 heteroatoms. The molecule has 2 heterocycles. The van der Waals surface area contributed by atoms with Crippen LogP contribution in [-0.2, 0) is 6.42 Å². The third kappa shape index (κ3) is 3.70. The molecule has 0 saturated heterocycles. The summed E-state index contributed by atoms with van der Waals surface area (Å²) in [7, 11) is 0. The predicted octanol–water partition coefficient (Wildman–Crippen LogP) is 6.53. The fourth-order valence-corrected chi connectivity index (χ4v) is 5.75. The van der Waals surface area contributed by atoms with Gasteiger partial charge >= 0.3 is 0 Å². The van der Waals surface area contributed by atoms with E-state index in [2.05, 4.69) is 29.2 Å². The van der Waals surface area contributed by atoms with Gasteiger partial charge in [-0.1, -0.05) is 42.5 Å². The van der Waals surface area contributed by atoms with E-state index in [0.717, 1.165) is 29.3 Å². The van der Waals surface area contributed by atoms with E-state index in [-0.39, 0.29) is 11.1 Å². The highest BCUT2D eigenvalue weighted by Crippen LogP contribution is 2.49. The molecule has 5 rings (SSSR count). The van der Waals surface area contributed by atoms with Crippen molar-refractivity contribution in [3.8, 4) is 24.3 Å². The minimum absolute atomic E-state index is 0.0457. The highest BCUT2D eigenvalue weighted by Gasteiger charge is 2.32. The van der Waals surface area contributed by atoms with Gasteiger partial charge in [0.2, 0.25) is 0 Å². The number of hydrogen-bond donors (Lipinski definition) is 0. The lowest BCUT2D eigenvalue weighted by atomic mass is 9.96. The quantitative estimate of drug-likeness (QED) is 0.399. The molecule has 5 nitrogen and oxygen atoms in total. The first-order valence-electron chi connectivity index (χ1n) is 11.1. The summed E-state index contributed by atoms with van der Waals surface area (Å²) in [5.74, 6) is 0. The maximum absolute atomic E-state index is 9.69. The Hall–Kier alpha value is -4.88. The number of nitriles is 4. The minimum atomic E-state index is -0.0457. The number of allylic oxidation sites excluding steroid dienone is 5. The molecule has 0 N–H and O–H groups in total. The number of thiophene rings is 1. The fourth-order valence-electron chi connectivity index (χ4n) is 4.76. The smallest absolute Gasteiger partial charge is 0.138 e. The Labute approximate surface area is 207 Å². The highest BCUT2D eigenvalue weighted by molar-refractivity contribution is 7.17. The van der Waals surface area contributed by atoms with Crippen LogP contribution in [-0.4, -0.2) is 6.54 Å². The lowest BCUT2D eigenvalue weighted by Crippen LogP contribution is -2.23. The average Bonchev–Trinajstić information content (AvgIpc) is 3.49. The van der Waals surface area contributed by atoms with Crippen molar-refractivity contribution in [3.05, 3.63) is 99.0 Å². The van der Waals surface area contributed by atoms with Gasteiger partial charge < -0.3 is 4.90 Å². The summed E-state index contributed by atoms with van der Waals surface area (Å²) >= 11 is 1.60. The molecular weight excluding hydrogens is 450 g/mol. The van der Waals surface area contributed by atoms with E-state index >= 15 is 0 Å². The van der Waals surface area contributed by atoms with Crippen LogP contribution in [0.4, 0.5) is 10.7 Å². The molecule has 0 fully saturated rings. The van der Waals surface area contributed by atoms with Gasteiger partial charge in [0.05, 0.1) is 5.00 Å². The molecule has 1 aliphatic carbocycles. The number of benzene rings is 2. The van der Waals surface area contributed by atoms with Crippen LogP contribution in [0.5, 0.6) is 0 Å². The van der Waals surface area contributed by atoms with Crippen LogP contribution in [0.3, 0.4) is 0 Å². The van der Waals surface area contributed by atoms with E-state index in [9.17, 15) is 21.0 Å². The minimum Gasteiger partial charge on any atom is -0.333 e. The molecule has 0 unspecified atom stereocenters. The third-order valence-electron chi connectivity index (χ3n) is 6.23. The highest BCUT2D eigenvalue weighted by atomic mass is 32.1. The van der Waals surface area contributed by atoms with Crippen molar-refractivity contribution in [2.24, 2.45) is 0 Å². The van der Waals surface area contributed by atoms with Crippen LogP contribution in [0, 0.1) is 45.3 Å². The Morgan fingerprint density at radius 3 is 2.00 bits per heavy atom. The van der Waals surface area contributed by atoms with Crippen molar-refractivity contribution in [2.75, 3.05) is 11.4 Å². The first kappa shape index (κ1) is 21.9. The van der Waals surface area contributed by atoms with Crippen LogP contribution in [0.2, 0.25) is 0 Å². The summed E-state index contributed by atoms with van der Waals surface area (Å²) in [5.41, 5.74) is 5.27. The van der Waals surface area contributed by atoms with Gasteiger partial charge in [0.15, 0.2) is 0 Å². The van der Waals surface area contributed by atoms with Crippen molar-refractivity contribution in [2.45, 2.75) is 12.8 Å². The second kappa shape index (κ2) is 9.17. The van der Waals surface area contributed by atoms with Crippen molar-refractivity contribution in [1.29, 1.82) is 21.0 Å². The van der Waals surface area contributed by atoms with Gasteiger partial charge in [-0.2, -0.15) is 21.0 Å². The molecule has 0 bridgehead atoms. The lowest BCUT2D eigenvalue weighted by Gasteiger charge is -2.30. The molecule has 164 valence electrons. The molecule has 0 saturated carbocycles. The van der Waals surface area contributed by atoms with Gasteiger partial charge in [-0.25, -0.2) is 0 Å². The summed E-state index contributed by atoms with van der Waals surface area (Å²) < 4.78 is 0. The second-order valence-electron chi connectivity index (χ2n) is 8.11. The first-order valence-corrected chi connectivity index (χ1v) is 11.9. The normalized spacial score (nSPS) is 13.6. The van der Waals surface area contributed by atoms with Crippen LogP contribution >= 0.6 is 11.3 Å². The predicted molar refractivity (Wildman–Crippen MR) is 137 cm³/mol. The molecule has 1 aromatic heterocycles. The van der Waals surface area contributed by atoms with Crippen molar-refractivity contribution in [1.82, 2.24) is 0 Å². The van der Waals surface area contributed by atoms with Crippen molar-refractivity contribution < 1.29 is 0 Å². The van der Waals surface area contributed by atoms with Crippen molar-refractivity contribution >= 4 is 39.2 Å². The zero-order valence-corrected chi connectivity index (χ0v) is 19.4. The Balaban J connectivity index is 1.69. The molecule has 35 heavy (non-hydrogen) atoms. The summed E-state index contributed by atoms with van der Waals surface area (Å²) in [6.07, 6.45) is 4.02. The number of nitrogens with zero attached hydrogens (tertiary/aromatic N) is 5. The first-order chi connectivity index (χ1) is 17.2. The van der Waals surface area contributed by atoms with E-state index in [1.54, 1.807) is 11.3 Å². The van der Waals surface area contributed by atoms with Gasteiger partial charge in [-0.15, -0.1) is 11.3 Å². The van der Waals surface area contributed by atoms with E-state index in [1.807, 2.05) is 66.8 Å². The zero-order chi connectivity index (χ0) is 24.4. The van der Waals surface area contributed by atoms with Gasteiger partial charge in [0.1, 0.15) is 35.4 Å². The molecule has 3 aromatic rings. The maximum Gasteiger partial charge on any atom is 0.138 e. The molecule has 0 spiro atoms. The van der Waals surface area contributed by atoms with Crippen molar-refractivity contribution in [3.63, 3.8) is 0 Å². The van der Waals surface area contributed by atoms with Gasteiger partial charge in [0, 0.05) is 28.3 Å². The number of aryl methyl sites for hydroxylation is 1. The fraction of sp³-hybridized carbons (Fsp3) is 0.103. The molecular formula is C29H17N5S. The Kier molecular flexibility index (Phi) is 5.75. The summed E-state index contributed by atoms with van der Waals surface area (Å²) in [6.45, 7) is 0.926. The van der Waals surface area contributed by atoms with Gasteiger partial charge in [-0.3, -0.25) is 0 Å². The van der Waals surface area contributed by atoms with E-state index < -0.39 is 0 Å². The van der Waals surface area contributed by atoms with Gasteiger partial charge in [0.25, 0.3) is 0 Å². The van der Waals surface area contributed by atoms with Crippen LogP contribution < -0.4 is 4.90 Å². The Morgan fingerprint density at radius 2 is 1.37 bits per heavy atom. The summed E-state index contributed by atoms with van der Waals surface area (Å²) in [4.78, 5) is 3.22. The van der Waals surface area contributed by atoms with E-state index in [4.69, 9.17) is 0 Å². The molecule has 0 amide bonds. The largest absolute Gasteiger partial charge is 0.333 e.